The van der Waals surface area contributed by atoms with Crippen LogP contribution in [0.1, 0.15) is 51.9 Å². The van der Waals surface area contributed by atoms with Gasteiger partial charge in [0.25, 0.3) is 0 Å². The van der Waals surface area contributed by atoms with E-state index >= 15 is 0 Å². The first-order chi connectivity index (χ1) is 7.84. The van der Waals surface area contributed by atoms with Gasteiger partial charge < -0.3 is 5.32 Å². The van der Waals surface area contributed by atoms with Crippen LogP contribution in [0.3, 0.4) is 0 Å². The zero-order valence-electron chi connectivity index (χ0n) is 10.6. The zero-order valence-corrected chi connectivity index (χ0v) is 10.6. The number of rotatable bonds is 1. The summed E-state index contributed by atoms with van der Waals surface area (Å²) in [4.78, 5) is 2.88. The minimum atomic E-state index is 0.750. The van der Waals surface area contributed by atoms with Crippen molar-refractivity contribution in [2.75, 3.05) is 13.1 Å². The zero-order chi connectivity index (χ0) is 11.0. The Hall–Kier alpha value is -0.0800. The molecular formula is C14H26N2. The normalized spacial score (nSPS) is 45.6. The van der Waals surface area contributed by atoms with E-state index in [1.807, 2.05) is 0 Å². The highest BCUT2D eigenvalue weighted by Gasteiger charge is 2.38. The third kappa shape index (κ3) is 2.02. The number of nitrogens with one attached hydrogen (secondary N) is 1. The monoisotopic (exact) mass is 222 g/mol. The fourth-order valence-corrected chi connectivity index (χ4v) is 4.21. The molecule has 0 aromatic carbocycles. The van der Waals surface area contributed by atoms with E-state index in [2.05, 4.69) is 17.1 Å². The summed E-state index contributed by atoms with van der Waals surface area (Å²) in [6, 6.07) is 2.55. The molecule has 3 rings (SSSR count). The van der Waals surface area contributed by atoms with Crippen LogP contribution in [0, 0.1) is 5.92 Å². The smallest absolute Gasteiger partial charge is 0.0224 e. The maximum absolute atomic E-state index is 3.67. The standard InChI is InChI=1S/C14H26N2/c1-11-7-8-13(10-15-11)16-9-3-5-12-4-2-6-14(12)16/h11-15H,2-10H2,1H3. The van der Waals surface area contributed by atoms with Crippen LogP contribution in [0.15, 0.2) is 0 Å². The van der Waals surface area contributed by atoms with Crippen LogP contribution in [0.4, 0.5) is 0 Å². The van der Waals surface area contributed by atoms with Crippen LogP contribution in [-0.2, 0) is 0 Å². The first kappa shape index (κ1) is 11.0. The third-order valence-electron chi connectivity index (χ3n) is 5.14. The Balaban J connectivity index is 1.64. The molecule has 2 heterocycles. The predicted molar refractivity (Wildman–Crippen MR) is 67.6 cm³/mol. The van der Waals surface area contributed by atoms with Crippen molar-refractivity contribution < 1.29 is 0 Å². The van der Waals surface area contributed by atoms with Gasteiger partial charge >= 0.3 is 0 Å². The highest BCUT2D eigenvalue weighted by Crippen LogP contribution is 2.38. The molecule has 0 radical (unpaired) electrons. The summed E-state index contributed by atoms with van der Waals surface area (Å²) in [6.07, 6.45) is 10.2. The molecule has 92 valence electrons. The van der Waals surface area contributed by atoms with Gasteiger partial charge in [-0.15, -0.1) is 0 Å². The molecule has 4 unspecified atom stereocenters. The van der Waals surface area contributed by atoms with Crippen LogP contribution < -0.4 is 5.32 Å². The topological polar surface area (TPSA) is 15.3 Å². The third-order valence-corrected chi connectivity index (χ3v) is 5.14. The molecule has 3 fully saturated rings. The highest BCUT2D eigenvalue weighted by atomic mass is 15.2. The summed E-state index contributed by atoms with van der Waals surface area (Å²) in [7, 11) is 0. The molecular weight excluding hydrogens is 196 g/mol. The number of hydrogen-bond acceptors (Lipinski definition) is 2. The molecule has 2 saturated heterocycles. The minimum absolute atomic E-state index is 0.750. The first-order valence-corrected chi connectivity index (χ1v) is 7.34. The van der Waals surface area contributed by atoms with E-state index in [4.69, 9.17) is 0 Å². The van der Waals surface area contributed by atoms with Gasteiger partial charge in [-0.1, -0.05) is 6.42 Å². The van der Waals surface area contributed by atoms with Gasteiger partial charge in [-0.25, -0.2) is 0 Å². The Morgan fingerprint density at radius 2 is 1.88 bits per heavy atom. The van der Waals surface area contributed by atoms with E-state index in [1.165, 1.54) is 58.0 Å². The number of nitrogens with zero attached hydrogens (tertiary/aromatic N) is 1. The van der Waals surface area contributed by atoms with E-state index in [-0.39, 0.29) is 0 Å². The maximum atomic E-state index is 3.67. The Kier molecular flexibility index (Phi) is 3.21. The molecule has 2 nitrogen and oxygen atoms in total. The molecule has 0 amide bonds. The largest absolute Gasteiger partial charge is 0.313 e. The van der Waals surface area contributed by atoms with Crippen molar-refractivity contribution in [1.29, 1.82) is 0 Å². The summed E-state index contributed by atoms with van der Waals surface area (Å²) < 4.78 is 0. The van der Waals surface area contributed by atoms with Crippen molar-refractivity contribution in [2.45, 2.75) is 70.0 Å². The summed E-state index contributed by atoms with van der Waals surface area (Å²) in [5, 5.41) is 3.67. The number of hydrogen-bond donors (Lipinski definition) is 1. The second kappa shape index (κ2) is 4.66. The second-order valence-electron chi connectivity index (χ2n) is 6.18. The molecule has 16 heavy (non-hydrogen) atoms. The van der Waals surface area contributed by atoms with E-state index < -0.39 is 0 Å². The lowest BCUT2D eigenvalue weighted by Crippen LogP contribution is -2.55. The van der Waals surface area contributed by atoms with E-state index in [0.717, 1.165) is 24.0 Å². The molecule has 3 aliphatic rings. The number of fused-ring (bicyclic) bond motifs is 1. The lowest BCUT2D eigenvalue weighted by Gasteiger charge is -2.45. The molecule has 0 aromatic rings. The van der Waals surface area contributed by atoms with Crippen LogP contribution in [0.5, 0.6) is 0 Å². The molecule has 1 N–H and O–H groups in total. The van der Waals surface area contributed by atoms with E-state index in [1.54, 1.807) is 0 Å². The molecule has 4 atom stereocenters. The number of likely N-dealkylation sites (tertiary alicyclic amines) is 1. The van der Waals surface area contributed by atoms with Gasteiger partial charge in [-0.2, -0.15) is 0 Å². The fourth-order valence-electron chi connectivity index (χ4n) is 4.21. The summed E-state index contributed by atoms with van der Waals surface area (Å²) in [5.41, 5.74) is 0. The van der Waals surface area contributed by atoms with Gasteiger partial charge in [0.1, 0.15) is 0 Å². The summed E-state index contributed by atoms with van der Waals surface area (Å²) in [5.74, 6) is 1.05. The lowest BCUT2D eigenvalue weighted by atomic mass is 9.88. The van der Waals surface area contributed by atoms with E-state index in [9.17, 15) is 0 Å². The van der Waals surface area contributed by atoms with E-state index in [0.29, 0.717) is 0 Å². The van der Waals surface area contributed by atoms with Gasteiger partial charge in [0.2, 0.25) is 0 Å². The first-order valence-electron chi connectivity index (χ1n) is 7.34. The Labute approximate surface area is 99.8 Å². The Bertz CT molecular complexity index is 233. The maximum Gasteiger partial charge on any atom is 0.0224 e. The van der Waals surface area contributed by atoms with Gasteiger partial charge in [-0.05, 0) is 57.9 Å². The molecule has 0 spiro atoms. The van der Waals surface area contributed by atoms with Gasteiger partial charge in [0.05, 0.1) is 0 Å². The van der Waals surface area contributed by atoms with Crippen molar-refractivity contribution in [3.05, 3.63) is 0 Å². The number of piperidine rings is 2. The fraction of sp³-hybridized carbons (Fsp3) is 1.00. The van der Waals surface area contributed by atoms with Gasteiger partial charge in [0.15, 0.2) is 0 Å². The summed E-state index contributed by atoms with van der Waals surface area (Å²) >= 11 is 0. The lowest BCUT2D eigenvalue weighted by molar-refractivity contribution is 0.0510. The highest BCUT2D eigenvalue weighted by molar-refractivity contribution is 4.94. The molecule has 1 aliphatic carbocycles. The van der Waals surface area contributed by atoms with Crippen molar-refractivity contribution in [1.82, 2.24) is 10.2 Å². The molecule has 0 aromatic heterocycles. The van der Waals surface area contributed by atoms with Gasteiger partial charge in [0, 0.05) is 24.7 Å². The van der Waals surface area contributed by atoms with Crippen molar-refractivity contribution in [3.8, 4) is 0 Å². The second-order valence-corrected chi connectivity index (χ2v) is 6.18. The van der Waals surface area contributed by atoms with Gasteiger partial charge in [-0.3, -0.25) is 4.90 Å². The molecule has 2 aliphatic heterocycles. The Morgan fingerprint density at radius 1 is 1.00 bits per heavy atom. The van der Waals surface area contributed by atoms with Crippen molar-refractivity contribution in [2.24, 2.45) is 5.92 Å². The van der Waals surface area contributed by atoms with Crippen LogP contribution in [0.2, 0.25) is 0 Å². The molecule has 2 heteroatoms. The quantitative estimate of drug-likeness (QED) is 0.733. The Morgan fingerprint density at radius 3 is 2.69 bits per heavy atom. The minimum Gasteiger partial charge on any atom is -0.313 e. The molecule has 1 saturated carbocycles. The van der Waals surface area contributed by atoms with Crippen LogP contribution in [-0.4, -0.2) is 36.1 Å². The molecule has 0 bridgehead atoms. The average Bonchev–Trinajstić information content (AvgIpc) is 2.78. The average molecular weight is 222 g/mol. The van der Waals surface area contributed by atoms with Crippen molar-refractivity contribution >= 4 is 0 Å². The van der Waals surface area contributed by atoms with Crippen LogP contribution in [0.25, 0.3) is 0 Å². The summed E-state index contributed by atoms with van der Waals surface area (Å²) in [6.45, 7) is 4.94. The predicted octanol–water partition coefficient (Wildman–Crippen LogP) is 2.39. The van der Waals surface area contributed by atoms with Crippen LogP contribution >= 0.6 is 0 Å². The van der Waals surface area contributed by atoms with Crippen molar-refractivity contribution in [3.63, 3.8) is 0 Å². The SMILES string of the molecule is CC1CCC(N2CCCC3CCCC32)CN1.